The lowest BCUT2D eigenvalue weighted by atomic mass is 9.49. The van der Waals surface area contributed by atoms with Crippen LogP contribution in [0.25, 0.3) is 0 Å². The van der Waals surface area contributed by atoms with Gasteiger partial charge in [-0.1, -0.05) is 0 Å². The van der Waals surface area contributed by atoms with Gasteiger partial charge in [0.2, 0.25) is 0 Å². The number of hydrogen-bond acceptors (Lipinski definition) is 6. The molecular weight excluding hydrogens is 412 g/mol. The summed E-state index contributed by atoms with van der Waals surface area (Å²) in [6, 6.07) is 0. The van der Waals surface area contributed by atoms with Crippen molar-refractivity contribution in [3.05, 3.63) is 30.1 Å². The quantitative estimate of drug-likeness (QED) is 0.765. The fourth-order valence-corrected chi connectivity index (χ4v) is 8.49. The van der Waals surface area contributed by atoms with Crippen LogP contribution in [0.2, 0.25) is 0 Å². The van der Waals surface area contributed by atoms with Crippen LogP contribution in [0.15, 0.2) is 23.9 Å². The Labute approximate surface area is 183 Å². The molecule has 3 heterocycles. The molecule has 0 radical (unpaired) electrons. The first-order chi connectivity index (χ1) is 14.9. The summed E-state index contributed by atoms with van der Waals surface area (Å²) >= 11 is 0. The Bertz CT molecular complexity index is 1080. The maximum atomic E-state index is 13.0. The van der Waals surface area contributed by atoms with Gasteiger partial charge in [-0.15, -0.1) is 0 Å². The van der Waals surface area contributed by atoms with E-state index in [1.54, 1.807) is 24.1 Å². The highest BCUT2D eigenvalue weighted by atomic mass is 32.2. The lowest BCUT2D eigenvalue weighted by Gasteiger charge is -2.57. The van der Waals surface area contributed by atoms with Crippen LogP contribution in [0, 0.1) is 23.2 Å². The smallest absolute Gasteiger partial charge is 0.262 e. The lowest BCUT2D eigenvalue weighted by molar-refractivity contribution is -0.0444. The number of hydrogen-bond donors (Lipinski definition) is 1. The first-order valence-corrected chi connectivity index (χ1v) is 12.9. The van der Waals surface area contributed by atoms with Crippen molar-refractivity contribution in [3.63, 3.8) is 0 Å². The fraction of sp³-hybridized carbons (Fsp3) is 0.682. The van der Waals surface area contributed by atoms with Crippen LogP contribution in [0.5, 0.6) is 0 Å². The summed E-state index contributed by atoms with van der Waals surface area (Å²) in [5.74, 6) is 3.68. The molecule has 166 valence electrons. The first-order valence-electron chi connectivity index (χ1n) is 11.4. The average Bonchev–Trinajstić information content (AvgIpc) is 3.18. The Morgan fingerprint density at radius 3 is 2.45 bits per heavy atom. The van der Waals surface area contributed by atoms with E-state index in [0.29, 0.717) is 18.4 Å². The highest BCUT2D eigenvalue weighted by molar-refractivity contribution is 7.89. The highest BCUT2D eigenvalue weighted by Gasteiger charge is 2.50. The number of nitrogens with one attached hydrogen (secondary N) is 1. The number of nitrogens with zero attached hydrogens (tertiary/aromatic N) is 5. The Hall–Kier alpha value is -2.00. The molecule has 31 heavy (non-hydrogen) atoms. The minimum absolute atomic E-state index is 0.0904. The summed E-state index contributed by atoms with van der Waals surface area (Å²) in [4.78, 5) is 13.0. The second-order valence-corrected chi connectivity index (χ2v) is 12.3. The van der Waals surface area contributed by atoms with Crippen molar-refractivity contribution in [2.75, 3.05) is 18.4 Å². The Morgan fingerprint density at radius 1 is 1.10 bits per heavy atom. The average molecular weight is 443 g/mol. The molecule has 0 amide bonds. The van der Waals surface area contributed by atoms with E-state index in [-0.39, 0.29) is 11.6 Å². The van der Waals surface area contributed by atoms with Gasteiger partial charge in [-0.05, 0) is 68.1 Å². The molecule has 1 N–H and O–H groups in total. The third kappa shape index (κ3) is 3.36. The normalized spacial score (nSPS) is 32.2. The minimum atomic E-state index is -3.62. The topological polar surface area (TPSA) is 93.0 Å². The van der Waals surface area contributed by atoms with Gasteiger partial charge in [-0.2, -0.15) is 4.31 Å². The minimum Gasteiger partial charge on any atom is -0.369 e. The molecule has 0 spiro atoms. The van der Waals surface area contributed by atoms with Gasteiger partial charge in [0.15, 0.2) is 5.03 Å². The van der Waals surface area contributed by atoms with E-state index >= 15 is 0 Å². The number of sulfonamides is 1. The number of anilines is 1. The molecule has 4 fully saturated rings. The Morgan fingerprint density at radius 2 is 1.81 bits per heavy atom. The molecule has 4 aliphatic carbocycles. The number of fused-ring (bicyclic) bond motifs is 1. The molecule has 2 aromatic heterocycles. The van der Waals surface area contributed by atoms with Crippen molar-refractivity contribution in [3.8, 4) is 0 Å². The molecular formula is C22H30N6O2S. The molecule has 2 aromatic rings. The van der Waals surface area contributed by atoms with Crippen molar-refractivity contribution in [2.24, 2.45) is 30.2 Å². The SMILES string of the molecule is Cn1cnc(S(=O)(=O)N2CCc3c(ncnc3NCC34CC5CC(CC(C5)C3)C4)C2)c1. The van der Waals surface area contributed by atoms with E-state index in [4.69, 9.17) is 0 Å². The van der Waals surface area contributed by atoms with Gasteiger partial charge in [0, 0.05) is 31.9 Å². The second kappa shape index (κ2) is 7.00. The largest absolute Gasteiger partial charge is 0.369 e. The molecule has 7 rings (SSSR count). The summed E-state index contributed by atoms with van der Waals surface area (Å²) in [5, 5.41) is 3.77. The summed E-state index contributed by atoms with van der Waals surface area (Å²) in [5.41, 5.74) is 2.30. The van der Waals surface area contributed by atoms with Crippen molar-refractivity contribution < 1.29 is 8.42 Å². The van der Waals surface area contributed by atoms with Crippen LogP contribution in [-0.4, -0.2) is 45.3 Å². The van der Waals surface area contributed by atoms with Gasteiger partial charge in [-0.3, -0.25) is 0 Å². The number of rotatable bonds is 5. The van der Waals surface area contributed by atoms with Gasteiger partial charge in [0.25, 0.3) is 10.0 Å². The maximum absolute atomic E-state index is 13.0. The third-order valence-electron chi connectivity index (χ3n) is 8.05. The summed E-state index contributed by atoms with van der Waals surface area (Å²) in [7, 11) is -1.85. The summed E-state index contributed by atoms with van der Waals surface area (Å²) in [6.45, 7) is 1.67. The van der Waals surface area contributed by atoms with E-state index in [0.717, 1.165) is 41.4 Å². The van der Waals surface area contributed by atoms with E-state index in [1.165, 1.54) is 49.2 Å². The molecule has 5 aliphatic rings. The van der Waals surface area contributed by atoms with E-state index in [2.05, 4.69) is 20.3 Å². The zero-order valence-corrected chi connectivity index (χ0v) is 18.8. The Balaban J connectivity index is 1.19. The third-order valence-corrected chi connectivity index (χ3v) is 9.78. The number of aryl methyl sites for hydroxylation is 1. The number of aromatic nitrogens is 4. The van der Waals surface area contributed by atoms with Crippen molar-refractivity contribution in [1.29, 1.82) is 0 Å². The fourth-order valence-electron chi connectivity index (χ4n) is 7.12. The molecule has 0 aromatic carbocycles. The van der Waals surface area contributed by atoms with E-state index in [9.17, 15) is 8.42 Å². The molecule has 0 saturated heterocycles. The molecule has 4 saturated carbocycles. The van der Waals surface area contributed by atoms with Gasteiger partial charge in [0.05, 0.1) is 18.6 Å². The molecule has 1 aliphatic heterocycles. The van der Waals surface area contributed by atoms with Crippen LogP contribution in [0.3, 0.4) is 0 Å². The van der Waals surface area contributed by atoms with E-state index in [1.807, 2.05) is 0 Å². The van der Waals surface area contributed by atoms with Crippen molar-refractivity contribution >= 4 is 15.8 Å². The zero-order chi connectivity index (χ0) is 21.2. The van der Waals surface area contributed by atoms with Gasteiger partial charge >= 0.3 is 0 Å². The van der Waals surface area contributed by atoms with Gasteiger partial charge in [0.1, 0.15) is 12.1 Å². The van der Waals surface area contributed by atoms with Gasteiger partial charge < -0.3 is 9.88 Å². The van der Waals surface area contributed by atoms with Crippen molar-refractivity contribution in [1.82, 2.24) is 23.8 Å². The Kier molecular flexibility index (Phi) is 4.44. The standard InChI is InChI=1S/C22H30N6O2S/c1-27-11-20(26-14-27)31(29,30)28-3-2-18-19(10-28)24-13-25-21(18)23-12-22-7-15-4-16(8-22)6-17(5-15)9-22/h11,13-17H,2-10,12H2,1H3,(H,23,24,25). The lowest BCUT2D eigenvalue weighted by Crippen LogP contribution is -2.49. The van der Waals surface area contributed by atoms with Crippen LogP contribution in [-0.2, 0) is 30.0 Å². The predicted octanol–water partition coefficient (Wildman–Crippen LogP) is 2.59. The molecule has 8 nitrogen and oxygen atoms in total. The van der Waals surface area contributed by atoms with E-state index < -0.39 is 10.0 Å². The second-order valence-electron chi connectivity index (χ2n) is 10.4. The molecule has 0 atom stereocenters. The molecule has 0 unspecified atom stereocenters. The highest BCUT2D eigenvalue weighted by Crippen LogP contribution is 2.59. The summed E-state index contributed by atoms with van der Waals surface area (Å²) in [6.07, 6.45) is 13.7. The van der Waals surface area contributed by atoms with Gasteiger partial charge in [-0.25, -0.2) is 23.4 Å². The monoisotopic (exact) mass is 442 g/mol. The van der Waals surface area contributed by atoms with Crippen LogP contribution in [0.4, 0.5) is 5.82 Å². The zero-order valence-electron chi connectivity index (χ0n) is 18.0. The summed E-state index contributed by atoms with van der Waals surface area (Å²) < 4.78 is 29.1. The predicted molar refractivity (Wildman–Crippen MR) is 116 cm³/mol. The first kappa shape index (κ1) is 19.7. The van der Waals surface area contributed by atoms with Crippen LogP contribution < -0.4 is 5.32 Å². The molecule has 4 bridgehead atoms. The number of imidazole rings is 1. The van der Waals surface area contributed by atoms with Crippen molar-refractivity contribution in [2.45, 2.75) is 56.5 Å². The molecule has 9 heteroatoms. The van der Waals surface area contributed by atoms with Crippen LogP contribution in [0.1, 0.15) is 49.8 Å². The van der Waals surface area contributed by atoms with Crippen LogP contribution >= 0.6 is 0 Å². The maximum Gasteiger partial charge on any atom is 0.262 e.